The van der Waals surface area contributed by atoms with E-state index in [0.717, 1.165) is 22.6 Å². The molecule has 1 saturated heterocycles. The Labute approximate surface area is 162 Å². The molecule has 1 aliphatic rings. The van der Waals surface area contributed by atoms with E-state index in [1.807, 2.05) is 61.5 Å². The zero-order valence-electron chi connectivity index (χ0n) is 14.6. The van der Waals surface area contributed by atoms with Crippen LogP contribution in [0.1, 0.15) is 11.1 Å². The number of thiocarbonyl (C=S) groups is 1. The van der Waals surface area contributed by atoms with Gasteiger partial charge >= 0.3 is 0 Å². The molecule has 3 rings (SSSR count). The van der Waals surface area contributed by atoms with Gasteiger partial charge in [-0.1, -0.05) is 54.3 Å². The molecule has 134 valence electrons. The molecule has 26 heavy (non-hydrogen) atoms. The van der Waals surface area contributed by atoms with E-state index in [4.69, 9.17) is 21.7 Å². The third-order valence-electron chi connectivity index (χ3n) is 3.85. The van der Waals surface area contributed by atoms with Crippen LogP contribution in [0.4, 0.5) is 0 Å². The molecule has 1 amide bonds. The summed E-state index contributed by atoms with van der Waals surface area (Å²) in [5.41, 5.74) is 2.00. The van der Waals surface area contributed by atoms with Crippen LogP contribution in [0.2, 0.25) is 0 Å². The van der Waals surface area contributed by atoms with Crippen LogP contribution in [0.15, 0.2) is 53.4 Å². The Kier molecular flexibility index (Phi) is 5.96. The molecule has 0 unspecified atom stereocenters. The average Bonchev–Trinajstić information content (AvgIpc) is 2.87. The van der Waals surface area contributed by atoms with Crippen molar-refractivity contribution in [2.75, 3.05) is 20.3 Å². The van der Waals surface area contributed by atoms with Crippen molar-refractivity contribution in [3.63, 3.8) is 0 Å². The van der Waals surface area contributed by atoms with Crippen molar-refractivity contribution >= 4 is 40.3 Å². The number of rotatable bonds is 6. The molecule has 1 aliphatic heterocycles. The molecular weight excluding hydrogens is 366 g/mol. The summed E-state index contributed by atoms with van der Waals surface area (Å²) in [6, 6.07) is 15.5. The molecule has 0 radical (unpaired) electrons. The first-order valence-electron chi connectivity index (χ1n) is 8.17. The molecule has 0 bridgehead atoms. The van der Waals surface area contributed by atoms with Gasteiger partial charge in [-0.15, -0.1) is 0 Å². The van der Waals surface area contributed by atoms with Gasteiger partial charge in [0.05, 0.1) is 4.91 Å². The highest BCUT2D eigenvalue weighted by atomic mass is 32.2. The van der Waals surface area contributed by atoms with Gasteiger partial charge < -0.3 is 9.47 Å². The van der Waals surface area contributed by atoms with E-state index in [0.29, 0.717) is 22.4 Å². The number of carbonyl (C=O) groups is 1. The van der Waals surface area contributed by atoms with Crippen LogP contribution in [0.25, 0.3) is 6.08 Å². The molecule has 6 heteroatoms. The van der Waals surface area contributed by atoms with Crippen molar-refractivity contribution in [2.24, 2.45) is 0 Å². The lowest BCUT2D eigenvalue weighted by molar-refractivity contribution is -0.121. The van der Waals surface area contributed by atoms with E-state index in [1.54, 1.807) is 7.05 Å². The van der Waals surface area contributed by atoms with Gasteiger partial charge in [0, 0.05) is 7.05 Å². The van der Waals surface area contributed by atoms with Crippen LogP contribution in [-0.4, -0.2) is 35.4 Å². The number of nitrogens with zero attached hydrogens (tertiary/aromatic N) is 1. The van der Waals surface area contributed by atoms with E-state index in [9.17, 15) is 4.79 Å². The van der Waals surface area contributed by atoms with Crippen molar-refractivity contribution < 1.29 is 14.3 Å². The normalized spacial score (nSPS) is 15.6. The van der Waals surface area contributed by atoms with E-state index in [-0.39, 0.29) is 5.91 Å². The van der Waals surface area contributed by atoms with E-state index < -0.39 is 0 Å². The Morgan fingerprint density at radius 2 is 1.88 bits per heavy atom. The van der Waals surface area contributed by atoms with Gasteiger partial charge in [-0.25, -0.2) is 0 Å². The fraction of sp³-hybridized carbons (Fsp3) is 0.200. The fourth-order valence-electron chi connectivity index (χ4n) is 2.42. The molecule has 4 nitrogen and oxygen atoms in total. The highest BCUT2D eigenvalue weighted by Gasteiger charge is 2.28. The maximum atomic E-state index is 12.1. The maximum Gasteiger partial charge on any atom is 0.265 e. The minimum absolute atomic E-state index is 0.0713. The zero-order valence-corrected chi connectivity index (χ0v) is 16.2. The molecule has 0 N–H and O–H groups in total. The summed E-state index contributed by atoms with van der Waals surface area (Å²) in [5, 5.41) is 0. The second kappa shape index (κ2) is 8.38. The van der Waals surface area contributed by atoms with E-state index >= 15 is 0 Å². The molecular formula is C20H19NO3S2. The minimum Gasteiger partial charge on any atom is -0.490 e. The predicted molar refractivity (Wildman–Crippen MR) is 110 cm³/mol. The van der Waals surface area contributed by atoms with Crippen LogP contribution in [0, 0.1) is 6.92 Å². The SMILES string of the molecule is Cc1ccccc1OCCOc1cccc(/C=C2/SC(=S)N(C)C2=O)c1. The number of carbonyl (C=O) groups excluding carboxylic acids is 1. The van der Waals surface area contributed by atoms with Gasteiger partial charge in [0.25, 0.3) is 5.91 Å². The molecule has 2 aromatic carbocycles. The number of para-hydroxylation sites is 1. The fourth-order valence-corrected chi connectivity index (χ4v) is 3.60. The predicted octanol–water partition coefficient (Wildman–Crippen LogP) is 4.28. The Balaban J connectivity index is 1.57. The van der Waals surface area contributed by atoms with E-state index in [2.05, 4.69) is 0 Å². The van der Waals surface area contributed by atoms with Gasteiger partial charge in [-0.2, -0.15) is 0 Å². The van der Waals surface area contributed by atoms with Crippen molar-refractivity contribution in [2.45, 2.75) is 6.92 Å². The van der Waals surface area contributed by atoms with Gasteiger partial charge in [-0.3, -0.25) is 9.69 Å². The van der Waals surface area contributed by atoms with Crippen LogP contribution >= 0.6 is 24.0 Å². The quantitative estimate of drug-likeness (QED) is 0.421. The van der Waals surface area contributed by atoms with Gasteiger partial charge in [0.1, 0.15) is 29.0 Å². The van der Waals surface area contributed by atoms with Crippen LogP contribution in [-0.2, 0) is 4.79 Å². The first-order valence-corrected chi connectivity index (χ1v) is 9.40. The molecule has 0 spiro atoms. The Morgan fingerprint density at radius 3 is 2.62 bits per heavy atom. The summed E-state index contributed by atoms with van der Waals surface area (Å²) in [6.07, 6.45) is 1.83. The Morgan fingerprint density at radius 1 is 1.12 bits per heavy atom. The summed E-state index contributed by atoms with van der Waals surface area (Å²) in [5.74, 6) is 1.53. The Hall–Kier alpha value is -2.31. The number of aryl methyl sites for hydroxylation is 1. The number of amides is 1. The monoisotopic (exact) mass is 385 g/mol. The largest absolute Gasteiger partial charge is 0.490 e. The number of likely N-dealkylation sites (N-methyl/N-ethyl adjacent to an activating group) is 1. The van der Waals surface area contributed by atoms with E-state index in [1.165, 1.54) is 16.7 Å². The lowest BCUT2D eigenvalue weighted by Gasteiger charge is -2.10. The molecule has 1 fully saturated rings. The van der Waals surface area contributed by atoms with Crippen molar-refractivity contribution in [1.82, 2.24) is 4.90 Å². The summed E-state index contributed by atoms with van der Waals surface area (Å²) in [4.78, 5) is 14.2. The summed E-state index contributed by atoms with van der Waals surface area (Å²) in [7, 11) is 1.69. The van der Waals surface area contributed by atoms with Gasteiger partial charge in [-0.05, 0) is 42.3 Å². The topological polar surface area (TPSA) is 38.8 Å². The standard InChI is InChI=1S/C20H19NO3S2/c1-14-6-3-4-9-17(14)24-11-10-23-16-8-5-7-15(12-16)13-18-19(22)21(2)20(25)26-18/h3-9,12-13H,10-11H2,1-2H3/b18-13+. The lowest BCUT2D eigenvalue weighted by Crippen LogP contribution is -2.22. The van der Waals surface area contributed by atoms with Crippen LogP contribution < -0.4 is 9.47 Å². The maximum absolute atomic E-state index is 12.1. The minimum atomic E-state index is -0.0713. The number of hydrogen-bond acceptors (Lipinski definition) is 5. The molecule has 0 atom stereocenters. The highest BCUT2D eigenvalue weighted by Crippen LogP contribution is 2.31. The highest BCUT2D eigenvalue weighted by molar-refractivity contribution is 8.26. The molecule has 1 heterocycles. The molecule has 0 aliphatic carbocycles. The summed E-state index contributed by atoms with van der Waals surface area (Å²) < 4.78 is 12.1. The van der Waals surface area contributed by atoms with Crippen LogP contribution in [0.3, 0.4) is 0 Å². The Bertz CT molecular complexity index is 864. The lowest BCUT2D eigenvalue weighted by atomic mass is 10.2. The zero-order chi connectivity index (χ0) is 18.5. The van der Waals surface area contributed by atoms with Crippen molar-refractivity contribution in [1.29, 1.82) is 0 Å². The second-order valence-electron chi connectivity index (χ2n) is 5.78. The average molecular weight is 386 g/mol. The van der Waals surface area contributed by atoms with Gasteiger partial charge in [0.15, 0.2) is 0 Å². The molecule has 2 aromatic rings. The number of ether oxygens (including phenoxy) is 2. The van der Waals surface area contributed by atoms with Crippen molar-refractivity contribution in [3.8, 4) is 11.5 Å². The first-order chi connectivity index (χ1) is 12.5. The smallest absolute Gasteiger partial charge is 0.265 e. The number of thioether (sulfide) groups is 1. The van der Waals surface area contributed by atoms with Crippen LogP contribution in [0.5, 0.6) is 11.5 Å². The third-order valence-corrected chi connectivity index (χ3v) is 5.33. The molecule has 0 saturated carbocycles. The third kappa shape index (κ3) is 4.45. The first kappa shape index (κ1) is 18.5. The van der Waals surface area contributed by atoms with Crippen molar-refractivity contribution in [3.05, 3.63) is 64.6 Å². The number of hydrogen-bond donors (Lipinski definition) is 0. The second-order valence-corrected chi connectivity index (χ2v) is 7.45. The summed E-state index contributed by atoms with van der Waals surface area (Å²) in [6.45, 7) is 2.91. The van der Waals surface area contributed by atoms with Gasteiger partial charge in [0.2, 0.25) is 0 Å². The summed E-state index contributed by atoms with van der Waals surface area (Å²) >= 11 is 6.46. The molecule has 0 aromatic heterocycles. The number of benzene rings is 2.